The quantitative estimate of drug-likeness (QED) is 0.887. The number of benzene rings is 1. The van der Waals surface area contributed by atoms with Gasteiger partial charge >= 0.3 is 0 Å². The van der Waals surface area contributed by atoms with E-state index in [0.717, 1.165) is 17.3 Å². The van der Waals surface area contributed by atoms with E-state index in [9.17, 15) is 5.26 Å². The van der Waals surface area contributed by atoms with Gasteiger partial charge in [0.1, 0.15) is 17.9 Å². The molecule has 1 heterocycles. The summed E-state index contributed by atoms with van der Waals surface area (Å²) in [5.74, 6) is 0.675. The second kappa shape index (κ2) is 5.38. The maximum atomic E-state index is 9.21. The number of nitriles is 1. The van der Waals surface area contributed by atoms with Gasteiger partial charge in [0, 0.05) is 28.4 Å². The molecule has 0 radical (unpaired) electrons. The van der Waals surface area contributed by atoms with Gasteiger partial charge < -0.3 is 10.1 Å². The van der Waals surface area contributed by atoms with Crippen molar-refractivity contribution in [2.24, 2.45) is 0 Å². The lowest BCUT2D eigenvalue weighted by Crippen LogP contribution is -2.60. The van der Waals surface area contributed by atoms with Gasteiger partial charge in [-0.05, 0) is 45.9 Å². The Bertz CT molecular complexity index is 530. The minimum atomic E-state index is 0.0363. The maximum absolute atomic E-state index is 9.21. The fourth-order valence-corrected chi connectivity index (χ4v) is 3.54. The highest BCUT2D eigenvalue weighted by Gasteiger charge is 2.38. The summed E-state index contributed by atoms with van der Waals surface area (Å²) in [5, 5.41) is 12.8. The van der Waals surface area contributed by atoms with Crippen LogP contribution in [0.4, 0.5) is 0 Å². The molecule has 1 aliphatic heterocycles. The molecule has 0 spiro atoms. The minimum absolute atomic E-state index is 0.0363. The van der Waals surface area contributed by atoms with Gasteiger partial charge in [0.2, 0.25) is 0 Å². The van der Waals surface area contributed by atoms with Crippen molar-refractivity contribution in [2.75, 3.05) is 0 Å². The van der Waals surface area contributed by atoms with E-state index in [1.165, 1.54) is 0 Å². The Labute approximate surface area is 129 Å². The molecular weight excluding hydrogens is 316 g/mol. The second-order valence-corrected chi connectivity index (χ2v) is 7.71. The third-order valence-corrected chi connectivity index (χ3v) is 4.00. The highest BCUT2D eigenvalue weighted by molar-refractivity contribution is 9.10. The van der Waals surface area contributed by atoms with Gasteiger partial charge in [-0.2, -0.15) is 5.26 Å². The van der Waals surface area contributed by atoms with Gasteiger partial charge in [-0.25, -0.2) is 0 Å². The summed E-state index contributed by atoms with van der Waals surface area (Å²) >= 11 is 3.38. The molecule has 1 aromatic carbocycles. The largest absolute Gasteiger partial charge is 0.489 e. The topological polar surface area (TPSA) is 45.0 Å². The summed E-state index contributed by atoms with van der Waals surface area (Å²) in [4.78, 5) is 0. The lowest BCUT2D eigenvalue weighted by atomic mass is 9.81. The highest BCUT2D eigenvalue weighted by Crippen LogP contribution is 2.32. The molecule has 20 heavy (non-hydrogen) atoms. The number of hydrogen-bond acceptors (Lipinski definition) is 3. The van der Waals surface area contributed by atoms with E-state index in [1.54, 1.807) is 6.07 Å². The summed E-state index contributed by atoms with van der Waals surface area (Å²) < 4.78 is 7.02. The zero-order chi connectivity index (χ0) is 15.0. The molecule has 0 unspecified atom stereocenters. The average molecular weight is 337 g/mol. The maximum Gasteiger partial charge on any atom is 0.137 e. The predicted molar refractivity (Wildman–Crippen MR) is 83.8 cm³/mol. The summed E-state index contributed by atoms with van der Waals surface area (Å²) in [6.07, 6.45) is 1.98. The number of nitrogens with zero attached hydrogens (tertiary/aromatic N) is 1. The standard InChI is InChI=1S/C16H21BrN2O/c1-15(2)8-13(9-16(3,4)19-15)20-14-6-5-12(17)7-11(14)10-18/h5-7,13,19H,8-9H2,1-4H3. The fourth-order valence-electron chi connectivity index (χ4n) is 3.18. The average Bonchev–Trinajstić information content (AvgIpc) is 2.27. The first-order chi connectivity index (χ1) is 9.21. The molecule has 108 valence electrons. The Morgan fingerprint density at radius 2 is 1.85 bits per heavy atom. The molecule has 0 bridgehead atoms. The summed E-state index contributed by atoms with van der Waals surface area (Å²) in [5.41, 5.74) is 0.650. The Kier molecular flexibility index (Phi) is 4.13. The first-order valence-electron chi connectivity index (χ1n) is 6.86. The molecule has 0 amide bonds. The van der Waals surface area contributed by atoms with Gasteiger partial charge in [0.15, 0.2) is 0 Å². The Balaban J connectivity index is 2.20. The van der Waals surface area contributed by atoms with Crippen molar-refractivity contribution < 1.29 is 4.74 Å². The predicted octanol–water partition coefficient (Wildman–Crippen LogP) is 4.01. The zero-order valence-corrected chi connectivity index (χ0v) is 14.0. The van der Waals surface area contributed by atoms with Gasteiger partial charge in [-0.3, -0.25) is 0 Å². The first kappa shape index (κ1) is 15.3. The highest BCUT2D eigenvalue weighted by atomic mass is 79.9. The molecule has 1 aliphatic rings. The van der Waals surface area contributed by atoms with Crippen molar-refractivity contribution >= 4 is 15.9 Å². The van der Waals surface area contributed by atoms with Crippen LogP contribution in [0.1, 0.15) is 46.1 Å². The molecule has 3 nitrogen and oxygen atoms in total. The molecule has 1 N–H and O–H groups in total. The summed E-state index contributed by atoms with van der Waals surface area (Å²) in [7, 11) is 0. The van der Waals surface area contributed by atoms with Crippen molar-refractivity contribution in [3.05, 3.63) is 28.2 Å². The number of rotatable bonds is 2. The molecule has 1 saturated heterocycles. The second-order valence-electron chi connectivity index (χ2n) is 6.79. The summed E-state index contributed by atoms with van der Waals surface area (Å²) in [6, 6.07) is 7.77. The van der Waals surface area contributed by atoms with Crippen LogP contribution in [0.15, 0.2) is 22.7 Å². The van der Waals surface area contributed by atoms with E-state index in [0.29, 0.717) is 11.3 Å². The van der Waals surface area contributed by atoms with Crippen LogP contribution in [-0.4, -0.2) is 17.2 Å². The molecule has 0 aliphatic carbocycles. The number of nitrogens with one attached hydrogen (secondary N) is 1. The summed E-state index contributed by atoms with van der Waals surface area (Å²) in [6.45, 7) is 8.77. The monoisotopic (exact) mass is 336 g/mol. The van der Waals surface area contributed by atoms with Crippen LogP contribution >= 0.6 is 15.9 Å². The van der Waals surface area contributed by atoms with Crippen molar-refractivity contribution in [2.45, 2.75) is 57.7 Å². The molecule has 0 saturated carbocycles. The van der Waals surface area contributed by atoms with Gasteiger partial charge in [-0.15, -0.1) is 0 Å². The lowest BCUT2D eigenvalue weighted by molar-refractivity contribution is 0.0557. The van der Waals surface area contributed by atoms with Crippen LogP contribution in [0.3, 0.4) is 0 Å². The van der Waals surface area contributed by atoms with E-state index in [-0.39, 0.29) is 17.2 Å². The molecule has 2 rings (SSSR count). The normalized spacial score (nSPS) is 21.2. The van der Waals surface area contributed by atoms with Gasteiger partial charge in [0.25, 0.3) is 0 Å². The lowest BCUT2D eigenvalue weighted by Gasteiger charge is -2.46. The Morgan fingerprint density at radius 1 is 1.25 bits per heavy atom. The number of piperidine rings is 1. The fraction of sp³-hybridized carbons (Fsp3) is 0.562. The third-order valence-electron chi connectivity index (χ3n) is 3.51. The zero-order valence-electron chi connectivity index (χ0n) is 12.5. The van der Waals surface area contributed by atoms with Gasteiger partial charge in [-0.1, -0.05) is 15.9 Å². The molecule has 0 aromatic heterocycles. The Morgan fingerprint density at radius 3 is 2.40 bits per heavy atom. The van der Waals surface area contributed by atoms with Crippen LogP contribution in [0.2, 0.25) is 0 Å². The van der Waals surface area contributed by atoms with E-state index in [2.05, 4.69) is 55.0 Å². The third kappa shape index (κ3) is 3.74. The van der Waals surface area contributed by atoms with Crippen LogP contribution in [-0.2, 0) is 0 Å². The van der Waals surface area contributed by atoms with Crippen molar-refractivity contribution in [3.63, 3.8) is 0 Å². The number of ether oxygens (including phenoxy) is 1. The minimum Gasteiger partial charge on any atom is -0.489 e. The smallest absolute Gasteiger partial charge is 0.137 e. The van der Waals surface area contributed by atoms with Gasteiger partial charge in [0.05, 0.1) is 5.56 Å². The molecule has 1 aromatic rings. The SMILES string of the molecule is CC1(C)CC(Oc2ccc(Br)cc2C#N)CC(C)(C)N1. The number of hydrogen-bond donors (Lipinski definition) is 1. The van der Waals surface area contributed by atoms with Crippen LogP contribution < -0.4 is 10.1 Å². The molecular formula is C16H21BrN2O. The van der Waals surface area contributed by atoms with Crippen molar-refractivity contribution in [3.8, 4) is 11.8 Å². The Hall–Kier alpha value is -1.05. The van der Waals surface area contributed by atoms with Crippen molar-refractivity contribution in [1.82, 2.24) is 5.32 Å². The van der Waals surface area contributed by atoms with E-state index in [1.807, 2.05) is 12.1 Å². The van der Waals surface area contributed by atoms with Crippen LogP contribution in [0.5, 0.6) is 5.75 Å². The molecule has 4 heteroatoms. The first-order valence-corrected chi connectivity index (χ1v) is 7.66. The molecule has 1 fully saturated rings. The van der Waals surface area contributed by atoms with E-state index < -0.39 is 0 Å². The van der Waals surface area contributed by atoms with E-state index >= 15 is 0 Å². The van der Waals surface area contributed by atoms with E-state index in [4.69, 9.17) is 4.74 Å². The number of halogens is 1. The van der Waals surface area contributed by atoms with Crippen LogP contribution in [0, 0.1) is 11.3 Å². The van der Waals surface area contributed by atoms with Crippen LogP contribution in [0.25, 0.3) is 0 Å². The molecule has 0 atom stereocenters. The van der Waals surface area contributed by atoms with Crippen molar-refractivity contribution in [1.29, 1.82) is 5.26 Å².